The monoisotopic (exact) mass is 383 g/mol. The number of aromatic nitrogens is 2. The van der Waals surface area contributed by atoms with Crippen molar-refractivity contribution in [3.8, 4) is 0 Å². The van der Waals surface area contributed by atoms with Crippen LogP contribution in [0.25, 0.3) is 11.7 Å². The molecule has 0 aliphatic carbocycles. The average Bonchev–Trinajstić information content (AvgIpc) is 3.00. The predicted octanol–water partition coefficient (Wildman–Crippen LogP) is 3.42. The van der Waals surface area contributed by atoms with Crippen molar-refractivity contribution in [3.63, 3.8) is 0 Å². The minimum Gasteiger partial charge on any atom is -0.452 e. The average molecular weight is 384 g/mol. The zero-order valence-electron chi connectivity index (χ0n) is 14.6. The lowest BCUT2D eigenvalue weighted by Crippen LogP contribution is -2.30. The Bertz CT molecular complexity index is 983. The van der Waals surface area contributed by atoms with Crippen molar-refractivity contribution in [1.29, 1.82) is 0 Å². The van der Waals surface area contributed by atoms with E-state index < -0.39 is 5.97 Å². The van der Waals surface area contributed by atoms with Gasteiger partial charge in [0.15, 0.2) is 11.8 Å². The maximum Gasteiger partial charge on any atom is 0.331 e. The van der Waals surface area contributed by atoms with E-state index >= 15 is 0 Å². The predicted molar refractivity (Wildman–Crippen MR) is 103 cm³/mol. The van der Waals surface area contributed by atoms with Gasteiger partial charge in [0.1, 0.15) is 5.65 Å². The molecule has 138 valence electrons. The minimum atomic E-state index is -0.639. The maximum absolute atomic E-state index is 11.9. The standard InChI is InChI=1S/C20H18ClN3O3/c1-14(15-7-3-2-4-8-15)22-18(25)13-27-19(26)11-10-16-20(21)23-17-9-5-6-12-24(16)17/h2-12,14H,13H2,1H3,(H,22,25)/b11-10+/t14-/m0/s1. The first-order valence-electron chi connectivity index (χ1n) is 8.36. The van der Waals surface area contributed by atoms with Crippen molar-refractivity contribution in [2.45, 2.75) is 13.0 Å². The lowest BCUT2D eigenvalue weighted by atomic mass is 10.1. The number of fused-ring (bicyclic) bond motifs is 1. The topological polar surface area (TPSA) is 72.7 Å². The molecule has 2 aromatic heterocycles. The summed E-state index contributed by atoms with van der Waals surface area (Å²) in [5.41, 5.74) is 2.20. The van der Waals surface area contributed by atoms with E-state index in [2.05, 4.69) is 10.3 Å². The molecule has 27 heavy (non-hydrogen) atoms. The molecule has 1 N–H and O–H groups in total. The number of hydrogen-bond donors (Lipinski definition) is 1. The fourth-order valence-electron chi connectivity index (χ4n) is 2.58. The van der Waals surface area contributed by atoms with Crippen LogP contribution in [-0.2, 0) is 14.3 Å². The van der Waals surface area contributed by atoms with Gasteiger partial charge in [-0.2, -0.15) is 0 Å². The first kappa shape index (κ1) is 18.7. The van der Waals surface area contributed by atoms with Crippen molar-refractivity contribution in [2.24, 2.45) is 0 Å². The van der Waals surface area contributed by atoms with Crippen LogP contribution < -0.4 is 5.32 Å². The third-order valence-electron chi connectivity index (χ3n) is 3.92. The molecule has 0 bridgehead atoms. The van der Waals surface area contributed by atoms with Crippen LogP contribution in [0.4, 0.5) is 0 Å². The normalized spacial score (nSPS) is 12.2. The summed E-state index contributed by atoms with van der Waals surface area (Å²) in [5.74, 6) is -1.01. The lowest BCUT2D eigenvalue weighted by Gasteiger charge is -2.13. The number of carbonyl (C=O) groups is 2. The number of imidazole rings is 1. The highest BCUT2D eigenvalue weighted by Crippen LogP contribution is 2.18. The zero-order valence-corrected chi connectivity index (χ0v) is 15.4. The van der Waals surface area contributed by atoms with E-state index in [4.69, 9.17) is 16.3 Å². The molecule has 0 fully saturated rings. The highest BCUT2D eigenvalue weighted by atomic mass is 35.5. The van der Waals surface area contributed by atoms with Gasteiger partial charge in [0.25, 0.3) is 5.91 Å². The summed E-state index contributed by atoms with van der Waals surface area (Å²) in [6.07, 6.45) is 4.52. The van der Waals surface area contributed by atoms with Gasteiger partial charge in [-0.3, -0.25) is 9.20 Å². The van der Waals surface area contributed by atoms with Crippen molar-refractivity contribution < 1.29 is 14.3 Å². The molecule has 3 rings (SSSR count). The summed E-state index contributed by atoms with van der Waals surface area (Å²) in [7, 11) is 0. The van der Waals surface area contributed by atoms with E-state index in [0.717, 1.165) is 5.56 Å². The lowest BCUT2D eigenvalue weighted by molar-refractivity contribution is -0.144. The molecule has 0 unspecified atom stereocenters. The van der Waals surface area contributed by atoms with E-state index in [-0.39, 0.29) is 23.7 Å². The second kappa shape index (κ2) is 8.51. The van der Waals surface area contributed by atoms with E-state index in [9.17, 15) is 9.59 Å². The summed E-state index contributed by atoms with van der Waals surface area (Å²) < 4.78 is 6.73. The SMILES string of the molecule is C[C@H](NC(=O)COC(=O)/C=C/c1c(Cl)nc2ccccn12)c1ccccc1. The molecule has 0 radical (unpaired) electrons. The Labute approximate surface area is 161 Å². The molecule has 0 saturated carbocycles. The van der Waals surface area contributed by atoms with Crippen LogP contribution in [-0.4, -0.2) is 27.9 Å². The summed E-state index contributed by atoms with van der Waals surface area (Å²) in [6.45, 7) is 1.50. The first-order valence-corrected chi connectivity index (χ1v) is 8.74. The van der Waals surface area contributed by atoms with Crippen LogP contribution in [0.3, 0.4) is 0 Å². The van der Waals surface area contributed by atoms with Gasteiger partial charge in [0.05, 0.1) is 11.7 Å². The Morgan fingerprint density at radius 2 is 1.96 bits per heavy atom. The Kier molecular flexibility index (Phi) is 5.88. The minimum absolute atomic E-state index is 0.176. The van der Waals surface area contributed by atoms with Crippen LogP contribution >= 0.6 is 11.6 Å². The summed E-state index contributed by atoms with van der Waals surface area (Å²) in [6, 6.07) is 14.8. The van der Waals surface area contributed by atoms with E-state index in [1.54, 1.807) is 16.7 Å². The molecule has 2 heterocycles. The number of rotatable bonds is 6. The number of ether oxygens (including phenoxy) is 1. The molecule has 3 aromatic rings. The Balaban J connectivity index is 1.54. The van der Waals surface area contributed by atoms with Crippen LogP contribution in [0.15, 0.2) is 60.8 Å². The number of carbonyl (C=O) groups excluding carboxylic acids is 2. The first-order chi connectivity index (χ1) is 13.0. The van der Waals surface area contributed by atoms with E-state index in [1.807, 2.05) is 49.4 Å². The summed E-state index contributed by atoms with van der Waals surface area (Å²) in [4.78, 5) is 28.0. The fourth-order valence-corrected chi connectivity index (χ4v) is 2.82. The Hall–Kier alpha value is -3.12. The van der Waals surface area contributed by atoms with Gasteiger partial charge in [0, 0.05) is 12.3 Å². The number of halogens is 1. The van der Waals surface area contributed by atoms with Crippen LogP contribution in [0, 0.1) is 0 Å². The van der Waals surface area contributed by atoms with Crippen molar-refractivity contribution in [1.82, 2.24) is 14.7 Å². The van der Waals surface area contributed by atoms with Gasteiger partial charge < -0.3 is 10.1 Å². The van der Waals surface area contributed by atoms with Crippen molar-refractivity contribution in [3.05, 3.63) is 77.2 Å². The molecular weight excluding hydrogens is 366 g/mol. The van der Waals surface area contributed by atoms with Gasteiger partial charge in [-0.15, -0.1) is 0 Å². The molecule has 0 saturated heterocycles. The van der Waals surface area contributed by atoms with Crippen LogP contribution in [0.5, 0.6) is 0 Å². The third-order valence-corrected chi connectivity index (χ3v) is 4.20. The number of esters is 1. The largest absolute Gasteiger partial charge is 0.452 e. The van der Waals surface area contributed by atoms with Gasteiger partial charge in [-0.1, -0.05) is 48.0 Å². The Morgan fingerprint density at radius 3 is 2.74 bits per heavy atom. The second-order valence-corrected chi connectivity index (χ2v) is 6.22. The number of hydrogen-bond acceptors (Lipinski definition) is 4. The number of nitrogens with zero attached hydrogens (tertiary/aromatic N) is 2. The molecular formula is C20H18ClN3O3. The molecule has 0 aliphatic rings. The molecule has 7 heteroatoms. The van der Waals surface area contributed by atoms with Crippen LogP contribution in [0.2, 0.25) is 5.15 Å². The van der Waals surface area contributed by atoms with Crippen molar-refractivity contribution in [2.75, 3.05) is 6.61 Å². The number of amides is 1. The summed E-state index contributed by atoms with van der Waals surface area (Å²) >= 11 is 6.09. The summed E-state index contributed by atoms with van der Waals surface area (Å²) in [5, 5.41) is 3.06. The molecule has 0 spiro atoms. The van der Waals surface area contributed by atoms with Gasteiger partial charge >= 0.3 is 5.97 Å². The number of pyridine rings is 1. The molecule has 1 amide bonds. The molecule has 6 nitrogen and oxygen atoms in total. The van der Waals surface area contributed by atoms with Gasteiger partial charge in [-0.25, -0.2) is 9.78 Å². The molecule has 1 aromatic carbocycles. The van der Waals surface area contributed by atoms with Gasteiger partial charge in [0.2, 0.25) is 0 Å². The maximum atomic E-state index is 11.9. The van der Waals surface area contributed by atoms with E-state index in [1.165, 1.54) is 12.2 Å². The van der Waals surface area contributed by atoms with Crippen LogP contribution in [0.1, 0.15) is 24.2 Å². The van der Waals surface area contributed by atoms with Gasteiger partial charge in [-0.05, 0) is 30.7 Å². The number of nitrogens with one attached hydrogen (secondary N) is 1. The quantitative estimate of drug-likeness (QED) is 0.523. The number of benzene rings is 1. The fraction of sp³-hybridized carbons (Fsp3) is 0.150. The van der Waals surface area contributed by atoms with E-state index in [0.29, 0.717) is 11.3 Å². The Morgan fingerprint density at radius 1 is 1.22 bits per heavy atom. The highest BCUT2D eigenvalue weighted by Gasteiger charge is 2.11. The zero-order chi connectivity index (χ0) is 19.2. The molecule has 1 atom stereocenters. The molecule has 0 aliphatic heterocycles. The smallest absolute Gasteiger partial charge is 0.331 e. The highest BCUT2D eigenvalue weighted by molar-refractivity contribution is 6.31. The van der Waals surface area contributed by atoms with Crippen molar-refractivity contribution >= 4 is 35.2 Å². The third kappa shape index (κ3) is 4.74. The second-order valence-electron chi connectivity index (χ2n) is 5.86.